The average molecular weight is 150 g/mol. The van der Waals surface area contributed by atoms with Crippen LogP contribution < -0.4 is 0 Å². The highest BCUT2D eigenvalue weighted by Crippen LogP contribution is 2.12. The number of rotatable bonds is 5. The molecule has 0 spiro atoms. The highest BCUT2D eigenvalue weighted by Gasteiger charge is 2.30. The zero-order valence-electron chi connectivity index (χ0n) is 6.84. The van der Waals surface area contributed by atoms with Crippen LogP contribution in [0.5, 0.6) is 0 Å². The molecule has 0 aliphatic heterocycles. The van der Waals surface area contributed by atoms with Gasteiger partial charge in [0.1, 0.15) is 0 Å². The molecule has 4 nitrogen and oxygen atoms in total. The molecule has 0 bridgehead atoms. The highest BCUT2D eigenvalue weighted by molar-refractivity contribution is 4.33. The smallest absolute Gasteiger partial charge is 0.307 e. The van der Waals surface area contributed by atoms with Gasteiger partial charge in [-0.2, -0.15) is 0 Å². The van der Waals surface area contributed by atoms with Gasteiger partial charge in [-0.1, -0.05) is 0 Å². The largest absolute Gasteiger partial charge is 0.411 e. The predicted octanol–water partition coefficient (Wildman–Crippen LogP) is 0.573. The molecule has 4 heteroatoms. The minimum Gasteiger partial charge on any atom is -0.307 e. The maximum absolute atomic E-state index is 5.01. The minimum atomic E-state index is -1.32. The zero-order chi connectivity index (χ0) is 8.04. The number of ether oxygens (including phenoxy) is 4. The van der Waals surface area contributed by atoms with Crippen LogP contribution >= 0.6 is 0 Å². The molecule has 0 aromatic rings. The molecule has 0 aliphatic carbocycles. The number of hydrogen-bond acceptors (Lipinski definition) is 4. The lowest BCUT2D eigenvalue weighted by molar-refractivity contribution is -0.478. The third-order valence-corrected chi connectivity index (χ3v) is 1.07. The van der Waals surface area contributed by atoms with E-state index >= 15 is 0 Å². The van der Waals surface area contributed by atoms with Crippen molar-refractivity contribution in [1.82, 2.24) is 0 Å². The van der Waals surface area contributed by atoms with Crippen LogP contribution in [0.1, 0.15) is 6.92 Å². The summed E-state index contributed by atoms with van der Waals surface area (Å²) in [4.78, 5) is 0. The van der Waals surface area contributed by atoms with Gasteiger partial charge < -0.3 is 18.9 Å². The second-order valence-corrected chi connectivity index (χ2v) is 1.55. The van der Waals surface area contributed by atoms with Gasteiger partial charge >= 0.3 is 6.16 Å². The quantitative estimate of drug-likeness (QED) is 0.537. The normalized spacial score (nSPS) is 12.0. The molecule has 0 radical (unpaired) electrons. The second-order valence-electron chi connectivity index (χ2n) is 1.55. The lowest BCUT2D eigenvalue weighted by Gasteiger charge is -2.26. The van der Waals surface area contributed by atoms with Gasteiger partial charge in [0.15, 0.2) is 0 Å². The molecule has 10 heavy (non-hydrogen) atoms. The Morgan fingerprint density at radius 2 is 1.40 bits per heavy atom. The molecule has 0 heterocycles. The monoisotopic (exact) mass is 150 g/mol. The van der Waals surface area contributed by atoms with Crippen LogP contribution in [-0.2, 0) is 18.9 Å². The van der Waals surface area contributed by atoms with Crippen molar-refractivity contribution in [3.05, 3.63) is 0 Å². The van der Waals surface area contributed by atoms with E-state index < -0.39 is 6.16 Å². The summed E-state index contributed by atoms with van der Waals surface area (Å²) < 4.78 is 19.4. The molecule has 0 aromatic carbocycles. The summed E-state index contributed by atoms with van der Waals surface area (Å²) in [6.07, 6.45) is -1.32. The van der Waals surface area contributed by atoms with Crippen LogP contribution in [0.4, 0.5) is 0 Å². The van der Waals surface area contributed by atoms with E-state index in [4.69, 9.17) is 18.9 Å². The Morgan fingerprint density at radius 1 is 1.00 bits per heavy atom. The van der Waals surface area contributed by atoms with Gasteiger partial charge in [-0.05, 0) is 6.92 Å². The van der Waals surface area contributed by atoms with Crippen LogP contribution in [0.2, 0.25) is 0 Å². The average Bonchev–Trinajstić information content (AvgIpc) is 2.01. The molecule has 0 unspecified atom stereocenters. The fourth-order valence-electron chi connectivity index (χ4n) is 0.604. The highest BCUT2D eigenvalue weighted by atomic mass is 17.0. The van der Waals surface area contributed by atoms with Crippen molar-refractivity contribution in [3.63, 3.8) is 0 Å². The SMILES string of the molecule is CCOC(OC)(OC)OC. The predicted molar refractivity (Wildman–Crippen MR) is 35.4 cm³/mol. The second kappa shape index (κ2) is 4.62. The van der Waals surface area contributed by atoms with Crippen LogP contribution in [0.3, 0.4) is 0 Å². The zero-order valence-corrected chi connectivity index (χ0v) is 6.84. The first-order valence-electron chi connectivity index (χ1n) is 3.04. The van der Waals surface area contributed by atoms with E-state index in [1.807, 2.05) is 6.92 Å². The first kappa shape index (κ1) is 9.84. The summed E-state index contributed by atoms with van der Waals surface area (Å²) in [6, 6.07) is 0. The molecule has 0 aromatic heterocycles. The first-order valence-corrected chi connectivity index (χ1v) is 3.04. The van der Waals surface area contributed by atoms with Gasteiger partial charge in [-0.25, -0.2) is 0 Å². The van der Waals surface area contributed by atoms with Gasteiger partial charge in [0.05, 0.1) is 6.61 Å². The van der Waals surface area contributed by atoms with E-state index in [1.165, 1.54) is 21.3 Å². The maximum Gasteiger partial charge on any atom is 0.411 e. The molecule has 62 valence electrons. The van der Waals surface area contributed by atoms with Gasteiger partial charge in [-0.3, -0.25) is 0 Å². The van der Waals surface area contributed by atoms with Crippen molar-refractivity contribution >= 4 is 0 Å². The molecule has 0 fully saturated rings. The van der Waals surface area contributed by atoms with Crippen molar-refractivity contribution in [1.29, 1.82) is 0 Å². The maximum atomic E-state index is 5.01. The first-order chi connectivity index (χ1) is 4.74. The fourth-order valence-corrected chi connectivity index (χ4v) is 0.604. The van der Waals surface area contributed by atoms with Gasteiger partial charge in [0, 0.05) is 21.3 Å². The van der Waals surface area contributed by atoms with E-state index in [9.17, 15) is 0 Å². The number of methoxy groups -OCH3 is 3. The van der Waals surface area contributed by atoms with Gasteiger partial charge in [0.2, 0.25) is 0 Å². The molecule has 0 amide bonds. The van der Waals surface area contributed by atoms with Crippen LogP contribution in [0, 0.1) is 0 Å². The molecule has 0 rings (SSSR count). The Morgan fingerprint density at radius 3 is 1.50 bits per heavy atom. The summed E-state index contributed by atoms with van der Waals surface area (Å²) in [5.41, 5.74) is 0. The van der Waals surface area contributed by atoms with Gasteiger partial charge in [-0.15, -0.1) is 0 Å². The standard InChI is InChI=1S/C6H14O4/c1-5-10-6(7-2,8-3)9-4/h5H2,1-4H3. The lowest BCUT2D eigenvalue weighted by atomic mass is 10.8. The third-order valence-electron chi connectivity index (χ3n) is 1.07. The van der Waals surface area contributed by atoms with Crippen molar-refractivity contribution in [2.75, 3.05) is 27.9 Å². The molecule has 0 aliphatic rings. The van der Waals surface area contributed by atoms with Gasteiger partial charge in [0.25, 0.3) is 0 Å². The van der Waals surface area contributed by atoms with E-state index in [0.29, 0.717) is 6.61 Å². The molecule has 0 saturated heterocycles. The molecular weight excluding hydrogens is 136 g/mol. The Balaban J connectivity index is 3.87. The summed E-state index contributed by atoms with van der Waals surface area (Å²) in [5.74, 6) is 0. The summed E-state index contributed by atoms with van der Waals surface area (Å²) >= 11 is 0. The van der Waals surface area contributed by atoms with Crippen molar-refractivity contribution < 1.29 is 18.9 Å². The molecule has 0 saturated carbocycles. The number of hydrogen-bond donors (Lipinski definition) is 0. The summed E-state index contributed by atoms with van der Waals surface area (Å²) in [7, 11) is 4.34. The van der Waals surface area contributed by atoms with Crippen LogP contribution in [-0.4, -0.2) is 34.1 Å². The topological polar surface area (TPSA) is 36.9 Å². The lowest BCUT2D eigenvalue weighted by Crippen LogP contribution is -2.39. The molecule has 0 atom stereocenters. The summed E-state index contributed by atoms with van der Waals surface area (Å²) in [5, 5.41) is 0. The van der Waals surface area contributed by atoms with Crippen molar-refractivity contribution in [2.24, 2.45) is 0 Å². The van der Waals surface area contributed by atoms with E-state index in [0.717, 1.165) is 0 Å². The Hall–Kier alpha value is -0.160. The Labute approximate surface area is 61.0 Å². The Bertz CT molecular complexity index is 71.6. The third kappa shape index (κ3) is 2.22. The van der Waals surface area contributed by atoms with Crippen molar-refractivity contribution in [3.8, 4) is 0 Å². The Kier molecular flexibility index (Phi) is 4.55. The summed E-state index contributed by atoms with van der Waals surface area (Å²) in [6.45, 7) is 2.29. The van der Waals surface area contributed by atoms with E-state index in [-0.39, 0.29) is 0 Å². The fraction of sp³-hybridized carbons (Fsp3) is 1.00. The molecule has 0 N–H and O–H groups in total. The van der Waals surface area contributed by atoms with Crippen LogP contribution in [0.15, 0.2) is 0 Å². The van der Waals surface area contributed by atoms with Crippen molar-refractivity contribution in [2.45, 2.75) is 13.1 Å². The van der Waals surface area contributed by atoms with Crippen LogP contribution in [0.25, 0.3) is 0 Å². The molecular formula is C6H14O4. The minimum absolute atomic E-state index is 0.468. The van der Waals surface area contributed by atoms with E-state index in [2.05, 4.69) is 0 Å². The van der Waals surface area contributed by atoms with E-state index in [1.54, 1.807) is 0 Å².